The Bertz CT molecular complexity index is 805. The van der Waals surface area contributed by atoms with E-state index in [4.69, 9.17) is 0 Å². The van der Waals surface area contributed by atoms with Crippen LogP contribution in [0.15, 0.2) is 48.5 Å². The zero-order chi connectivity index (χ0) is 17.1. The predicted molar refractivity (Wildman–Crippen MR) is 88.1 cm³/mol. The number of hydrogen-bond donors (Lipinski definition) is 0. The molecule has 3 aromatic rings. The van der Waals surface area contributed by atoms with Crippen molar-refractivity contribution in [2.24, 2.45) is 0 Å². The van der Waals surface area contributed by atoms with Crippen LogP contribution in [0.2, 0.25) is 0 Å². The van der Waals surface area contributed by atoms with Gasteiger partial charge in [-0.2, -0.15) is 0 Å². The SMILES string of the molecule is O=C([O-])CCc1c2ccccc2c(CCC(=O)[O-])c2ccccc12.[K+].[K+]. The van der Waals surface area contributed by atoms with Crippen LogP contribution in [0.25, 0.3) is 21.5 Å². The number of carbonyl (C=O) groups excluding carboxylic acids is 2. The third-order valence-electron chi connectivity index (χ3n) is 4.31. The molecule has 3 rings (SSSR count). The van der Waals surface area contributed by atoms with Crippen molar-refractivity contribution in [3.8, 4) is 0 Å². The molecule has 0 aliphatic rings. The molecule has 26 heavy (non-hydrogen) atoms. The topological polar surface area (TPSA) is 80.3 Å². The number of hydrogen-bond acceptors (Lipinski definition) is 4. The maximum atomic E-state index is 10.9. The van der Waals surface area contributed by atoms with Gasteiger partial charge in [0.25, 0.3) is 0 Å². The second-order valence-electron chi connectivity index (χ2n) is 5.79. The zero-order valence-corrected chi connectivity index (χ0v) is 21.3. The van der Waals surface area contributed by atoms with Crippen molar-refractivity contribution in [3.63, 3.8) is 0 Å². The Morgan fingerprint density at radius 1 is 0.615 bits per heavy atom. The molecule has 0 N–H and O–H groups in total. The quantitative estimate of drug-likeness (QED) is 0.309. The first-order valence-electron chi connectivity index (χ1n) is 7.89. The van der Waals surface area contributed by atoms with Crippen LogP contribution >= 0.6 is 0 Å². The molecule has 0 heterocycles. The summed E-state index contributed by atoms with van der Waals surface area (Å²) < 4.78 is 0. The molecule has 3 aromatic carbocycles. The average molecular weight is 399 g/mol. The van der Waals surface area contributed by atoms with Gasteiger partial charge in [0, 0.05) is 11.9 Å². The second kappa shape index (κ2) is 11.4. The number of benzene rings is 3. The van der Waals surface area contributed by atoms with Gasteiger partial charge in [0.1, 0.15) is 0 Å². The Kier molecular flexibility index (Phi) is 10.7. The molecule has 0 aliphatic carbocycles. The van der Waals surface area contributed by atoms with Gasteiger partial charge in [-0.05, 0) is 58.4 Å². The minimum absolute atomic E-state index is 0. The largest absolute Gasteiger partial charge is 1.00 e. The van der Waals surface area contributed by atoms with E-state index >= 15 is 0 Å². The van der Waals surface area contributed by atoms with E-state index in [1.165, 1.54) is 0 Å². The van der Waals surface area contributed by atoms with Gasteiger partial charge in [-0.25, -0.2) is 0 Å². The Morgan fingerprint density at radius 2 is 0.885 bits per heavy atom. The molecule has 0 aromatic heterocycles. The molecule has 0 fully saturated rings. The molecule has 6 heteroatoms. The smallest absolute Gasteiger partial charge is 0.550 e. The van der Waals surface area contributed by atoms with Gasteiger partial charge in [-0.3, -0.25) is 0 Å². The Hall–Kier alpha value is 0.393. The molecule has 4 nitrogen and oxygen atoms in total. The van der Waals surface area contributed by atoms with Crippen LogP contribution in [0.5, 0.6) is 0 Å². The zero-order valence-electron chi connectivity index (χ0n) is 15.1. The van der Waals surface area contributed by atoms with E-state index in [0.29, 0.717) is 12.8 Å². The summed E-state index contributed by atoms with van der Waals surface area (Å²) >= 11 is 0. The summed E-state index contributed by atoms with van der Waals surface area (Å²) in [5.41, 5.74) is 1.92. The van der Waals surface area contributed by atoms with Gasteiger partial charge < -0.3 is 19.8 Å². The number of fused-ring (bicyclic) bond motifs is 2. The molecule has 122 valence electrons. The fourth-order valence-corrected chi connectivity index (χ4v) is 3.30. The van der Waals surface area contributed by atoms with E-state index in [-0.39, 0.29) is 116 Å². The van der Waals surface area contributed by atoms with Gasteiger partial charge in [0.2, 0.25) is 0 Å². The van der Waals surface area contributed by atoms with Gasteiger partial charge in [0.15, 0.2) is 0 Å². The van der Waals surface area contributed by atoms with Crippen molar-refractivity contribution < 1.29 is 123 Å². The van der Waals surface area contributed by atoms with Crippen LogP contribution in [0.1, 0.15) is 24.0 Å². The van der Waals surface area contributed by atoms with Crippen LogP contribution in [0.4, 0.5) is 0 Å². The van der Waals surface area contributed by atoms with Crippen molar-refractivity contribution in [2.45, 2.75) is 25.7 Å². The van der Waals surface area contributed by atoms with Crippen molar-refractivity contribution in [2.75, 3.05) is 0 Å². The van der Waals surface area contributed by atoms with E-state index in [1.54, 1.807) is 0 Å². The van der Waals surface area contributed by atoms with Gasteiger partial charge in [0.05, 0.1) is 0 Å². The maximum absolute atomic E-state index is 10.9. The molecule has 0 aliphatic heterocycles. The van der Waals surface area contributed by atoms with E-state index < -0.39 is 11.9 Å². The fraction of sp³-hybridized carbons (Fsp3) is 0.200. The van der Waals surface area contributed by atoms with Crippen molar-refractivity contribution in [1.29, 1.82) is 0 Å². The summed E-state index contributed by atoms with van der Waals surface area (Å²) in [5, 5.41) is 25.7. The van der Waals surface area contributed by atoms with Crippen LogP contribution in [-0.2, 0) is 22.4 Å². The maximum Gasteiger partial charge on any atom is 1.00 e. The van der Waals surface area contributed by atoms with Crippen molar-refractivity contribution in [1.82, 2.24) is 0 Å². The van der Waals surface area contributed by atoms with E-state index in [9.17, 15) is 19.8 Å². The molecular formula is C20H16K2O4. The Balaban J connectivity index is 0.00000169. The molecule has 0 atom stereocenters. The first kappa shape index (κ1) is 24.4. The minimum atomic E-state index is -1.08. The molecule has 0 unspecified atom stereocenters. The summed E-state index contributed by atoms with van der Waals surface area (Å²) in [5.74, 6) is -2.16. The van der Waals surface area contributed by atoms with Gasteiger partial charge in [-0.1, -0.05) is 48.5 Å². The van der Waals surface area contributed by atoms with Crippen LogP contribution in [0, 0.1) is 0 Å². The molecule has 0 amide bonds. The third kappa shape index (κ3) is 5.70. The van der Waals surface area contributed by atoms with Crippen molar-refractivity contribution in [3.05, 3.63) is 59.7 Å². The van der Waals surface area contributed by atoms with E-state index in [0.717, 1.165) is 32.7 Å². The monoisotopic (exact) mass is 398 g/mol. The number of rotatable bonds is 6. The number of aliphatic carboxylic acids is 2. The fourth-order valence-electron chi connectivity index (χ4n) is 3.30. The minimum Gasteiger partial charge on any atom is -0.550 e. The first-order chi connectivity index (χ1) is 11.6. The molecule has 0 bridgehead atoms. The van der Waals surface area contributed by atoms with Crippen LogP contribution < -0.4 is 113 Å². The van der Waals surface area contributed by atoms with Crippen LogP contribution in [-0.4, -0.2) is 11.9 Å². The molecule has 0 radical (unpaired) electrons. The summed E-state index contributed by atoms with van der Waals surface area (Å²) in [4.78, 5) is 21.8. The number of carbonyl (C=O) groups is 2. The normalized spacial score (nSPS) is 10.2. The first-order valence-corrected chi connectivity index (χ1v) is 7.89. The number of carboxylic acid groups (broad SMARTS) is 2. The average Bonchev–Trinajstić information content (AvgIpc) is 2.57. The molecule has 0 saturated carbocycles. The molecular weight excluding hydrogens is 382 g/mol. The number of aryl methyl sites for hydroxylation is 2. The third-order valence-corrected chi connectivity index (χ3v) is 4.31. The summed E-state index contributed by atoms with van der Waals surface area (Å²) in [6.45, 7) is 0. The number of carboxylic acids is 2. The standard InChI is InChI=1S/C20H18O4.2K/c21-19(22)11-9-17-13-5-1-2-6-14(13)18(10-12-20(23)24)16-8-4-3-7-15(16)17;;/h1-8H,9-12H2,(H,21,22)(H,23,24);;/q;2*+1/p-2. The van der Waals surface area contributed by atoms with E-state index in [2.05, 4.69) is 0 Å². The Labute approximate surface area is 237 Å². The summed E-state index contributed by atoms with van der Waals surface area (Å²) in [6, 6.07) is 15.4. The predicted octanol–water partition coefficient (Wildman–Crippen LogP) is -4.63. The summed E-state index contributed by atoms with van der Waals surface area (Å²) in [7, 11) is 0. The molecule has 0 spiro atoms. The summed E-state index contributed by atoms with van der Waals surface area (Å²) in [6.07, 6.45) is 0.660. The van der Waals surface area contributed by atoms with Gasteiger partial charge >= 0.3 is 103 Å². The molecule has 0 saturated heterocycles. The van der Waals surface area contributed by atoms with Crippen LogP contribution in [0.3, 0.4) is 0 Å². The van der Waals surface area contributed by atoms with E-state index in [1.807, 2.05) is 48.5 Å². The Morgan fingerprint density at radius 3 is 1.12 bits per heavy atom. The second-order valence-corrected chi connectivity index (χ2v) is 5.79. The van der Waals surface area contributed by atoms with Gasteiger partial charge in [-0.15, -0.1) is 0 Å². The van der Waals surface area contributed by atoms with Crippen molar-refractivity contribution >= 4 is 33.5 Å².